The van der Waals surface area contributed by atoms with Crippen molar-refractivity contribution in [2.75, 3.05) is 27.4 Å². The first kappa shape index (κ1) is 15.0. The van der Waals surface area contributed by atoms with Gasteiger partial charge in [-0.2, -0.15) is 0 Å². The van der Waals surface area contributed by atoms with Gasteiger partial charge in [-0.05, 0) is 20.0 Å². The number of thiazole rings is 1. The normalized spacial score (nSPS) is 12.3. The molecule has 1 heterocycles. The lowest BCUT2D eigenvalue weighted by Gasteiger charge is -2.19. The highest BCUT2D eigenvalue weighted by atomic mass is 32.1. The van der Waals surface area contributed by atoms with Crippen molar-refractivity contribution in [1.82, 2.24) is 10.3 Å². The molecule has 1 aromatic heterocycles. The van der Waals surface area contributed by atoms with E-state index in [9.17, 15) is 0 Å². The van der Waals surface area contributed by atoms with E-state index in [0.717, 1.165) is 17.0 Å². The maximum absolute atomic E-state index is 5.82. The average molecular weight is 292 g/mol. The molecule has 1 atom stereocenters. The zero-order valence-corrected chi connectivity index (χ0v) is 12.9. The van der Waals surface area contributed by atoms with Gasteiger partial charge in [0.2, 0.25) is 0 Å². The molecule has 0 saturated carbocycles. The van der Waals surface area contributed by atoms with Crippen molar-refractivity contribution in [3.05, 3.63) is 45.9 Å². The van der Waals surface area contributed by atoms with Gasteiger partial charge in [0.1, 0.15) is 12.4 Å². The van der Waals surface area contributed by atoms with Gasteiger partial charge in [-0.25, -0.2) is 4.98 Å². The van der Waals surface area contributed by atoms with Crippen LogP contribution in [0.2, 0.25) is 0 Å². The third-order valence-corrected chi connectivity index (χ3v) is 4.10. The Kier molecular flexibility index (Phi) is 5.52. The lowest BCUT2D eigenvalue weighted by molar-refractivity contribution is 0.145. The summed E-state index contributed by atoms with van der Waals surface area (Å²) < 4.78 is 10.9. The summed E-state index contributed by atoms with van der Waals surface area (Å²) in [7, 11) is 3.63. The molecule has 0 spiro atoms. The zero-order valence-electron chi connectivity index (χ0n) is 12.1. The Morgan fingerprint density at radius 2 is 2.10 bits per heavy atom. The first-order valence-corrected chi connectivity index (χ1v) is 7.43. The number of hydrogen-bond donors (Lipinski definition) is 1. The van der Waals surface area contributed by atoms with E-state index in [0.29, 0.717) is 13.2 Å². The van der Waals surface area contributed by atoms with Gasteiger partial charge in [0.15, 0.2) is 0 Å². The fraction of sp³-hybridized carbons (Fsp3) is 0.400. The molecule has 0 aliphatic rings. The molecular weight excluding hydrogens is 272 g/mol. The molecular formula is C15H20N2O2S. The molecule has 0 aliphatic heterocycles. The van der Waals surface area contributed by atoms with Gasteiger partial charge < -0.3 is 14.8 Å². The minimum atomic E-state index is 0.0984. The predicted octanol–water partition coefficient (Wildman–Crippen LogP) is 2.79. The van der Waals surface area contributed by atoms with Crippen molar-refractivity contribution in [2.45, 2.75) is 13.0 Å². The summed E-state index contributed by atoms with van der Waals surface area (Å²) in [5.41, 5.74) is 4.06. The molecule has 108 valence electrons. The number of methoxy groups -OCH3 is 1. The van der Waals surface area contributed by atoms with Crippen LogP contribution in [0.3, 0.4) is 0 Å². The molecule has 1 unspecified atom stereocenters. The highest BCUT2D eigenvalue weighted by molar-refractivity contribution is 7.09. The molecule has 0 amide bonds. The van der Waals surface area contributed by atoms with Crippen LogP contribution in [0.4, 0.5) is 0 Å². The van der Waals surface area contributed by atoms with E-state index >= 15 is 0 Å². The molecule has 0 fully saturated rings. The molecule has 2 rings (SSSR count). The summed E-state index contributed by atoms with van der Waals surface area (Å²) in [6, 6.07) is 8.19. The van der Waals surface area contributed by atoms with Gasteiger partial charge in [-0.3, -0.25) is 0 Å². The molecule has 20 heavy (non-hydrogen) atoms. The van der Waals surface area contributed by atoms with E-state index in [4.69, 9.17) is 9.47 Å². The SMILES string of the molecule is CNC(c1ccccc1OCCOC)c1scnc1C. The van der Waals surface area contributed by atoms with Crippen molar-refractivity contribution >= 4 is 11.3 Å². The maximum atomic E-state index is 5.82. The number of nitrogens with one attached hydrogen (secondary N) is 1. The van der Waals surface area contributed by atoms with Gasteiger partial charge in [0, 0.05) is 17.6 Å². The van der Waals surface area contributed by atoms with E-state index in [1.807, 2.05) is 37.7 Å². The van der Waals surface area contributed by atoms with E-state index in [2.05, 4.69) is 16.4 Å². The molecule has 1 aromatic carbocycles. The summed E-state index contributed by atoms with van der Waals surface area (Å²) in [4.78, 5) is 5.55. The van der Waals surface area contributed by atoms with Crippen LogP contribution in [0, 0.1) is 6.92 Å². The highest BCUT2D eigenvalue weighted by Gasteiger charge is 2.20. The lowest BCUT2D eigenvalue weighted by atomic mass is 10.0. The molecule has 5 heteroatoms. The first-order valence-electron chi connectivity index (χ1n) is 6.55. The number of aryl methyl sites for hydroxylation is 1. The smallest absolute Gasteiger partial charge is 0.124 e. The van der Waals surface area contributed by atoms with Crippen molar-refractivity contribution in [3.8, 4) is 5.75 Å². The number of rotatable bonds is 7. The number of benzene rings is 1. The van der Waals surface area contributed by atoms with Gasteiger partial charge >= 0.3 is 0 Å². The zero-order chi connectivity index (χ0) is 14.4. The van der Waals surface area contributed by atoms with Gasteiger partial charge in [-0.15, -0.1) is 11.3 Å². The summed E-state index contributed by atoms with van der Waals surface area (Å²) in [5, 5.41) is 3.35. The van der Waals surface area contributed by atoms with E-state index in [1.165, 1.54) is 4.88 Å². The van der Waals surface area contributed by atoms with Crippen molar-refractivity contribution in [3.63, 3.8) is 0 Å². The second kappa shape index (κ2) is 7.38. The van der Waals surface area contributed by atoms with E-state index in [-0.39, 0.29) is 6.04 Å². The summed E-state index contributed by atoms with van der Waals surface area (Å²) >= 11 is 1.66. The molecule has 2 aromatic rings. The van der Waals surface area contributed by atoms with Crippen molar-refractivity contribution in [1.29, 1.82) is 0 Å². The molecule has 0 radical (unpaired) electrons. The summed E-state index contributed by atoms with van der Waals surface area (Å²) in [6.07, 6.45) is 0. The lowest BCUT2D eigenvalue weighted by Crippen LogP contribution is -2.19. The summed E-state index contributed by atoms with van der Waals surface area (Å²) in [6.45, 7) is 3.16. The van der Waals surface area contributed by atoms with Gasteiger partial charge in [0.05, 0.1) is 23.9 Å². The van der Waals surface area contributed by atoms with Crippen LogP contribution >= 0.6 is 11.3 Å². The first-order chi connectivity index (χ1) is 9.77. The summed E-state index contributed by atoms with van der Waals surface area (Å²) in [5.74, 6) is 0.886. The predicted molar refractivity (Wildman–Crippen MR) is 81.6 cm³/mol. The number of ether oxygens (including phenoxy) is 2. The molecule has 0 bridgehead atoms. The van der Waals surface area contributed by atoms with Crippen molar-refractivity contribution < 1.29 is 9.47 Å². The fourth-order valence-corrected chi connectivity index (χ4v) is 3.03. The molecule has 0 aliphatic carbocycles. The van der Waals surface area contributed by atoms with Crippen LogP contribution in [0.1, 0.15) is 22.2 Å². The van der Waals surface area contributed by atoms with Gasteiger partial charge in [0.25, 0.3) is 0 Å². The quantitative estimate of drug-likeness (QED) is 0.797. The molecule has 4 nitrogen and oxygen atoms in total. The molecule has 0 saturated heterocycles. The second-order valence-corrected chi connectivity index (χ2v) is 5.29. The Hall–Kier alpha value is -1.43. The van der Waals surface area contributed by atoms with E-state index < -0.39 is 0 Å². The third kappa shape index (κ3) is 3.36. The molecule has 1 N–H and O–H groups in total. The Morgan fingerprint density at radius 1 is 1.30 bits per heavy atom. The van der Waals surface area contributed by atoms with Gasteiger partial charge in [-0.1, -0.05) is 18.2 Å². The van der Waals surface area contributed by atoms with E-state index in [1.54, 1.807) is 18.4 Å². The number of aromatic nitrogens is 1. The minimum Gasteiger partial charge on any atom is -0.491 e. The largest absolute Gasteiger partial charge is 0.491 e. The minimum absolute atomic E-state index is 0.0984. The Labute approximate surface area is 123 Å². The topological polar surface area (TPSA) is 43.4 Å². The van der Waals surface area contributed by atoms with Crippen LogP contribution < -0.4 is 10.1 Å². The van der Waals surface area contributed by atoms with Crippen molar-refractivity contribution in [2.24, 2.45) is 0 Å². The van der Waals surface area contributed by atoms with Crippen LogP contribution in [0.15, 0.2) is 29.8 Å². The van der Waals surface area contributed by atoms with Crippen LogP contribution in [-0.4, -0.2) is 32.4 Å². The third-order valence-electron chi connectivity index (χ3n) is 3.11. The fourth-order valence-electron chi connectivity index (χ4n) is 2.10. The highest BCUT2D eigenvalue weighted by Crippen LogP contribution is 2.33. The number of hydrogen-bond acceptors (Lipinski definition) is 5. The van der Waals surface area contributed by atoms with Crippen LogP contribution in [0.25, 0.3) is 0 Å². The average Bonchev–Trinajstić information content (AvgIpc) is 2.88. The Bertz CT molecular complexity index is 542. The van der Waals surface area contributed by atoms with Crippen LogP contribution in [-0.2, 0) is 4.74 Å². The maximum Gasteiger partial charge on any atom is 0.124 e. The number of para-hydroxylation sites is 1. The van der Waals surface area contributed by atoms with Crippen LogP contribution in [0.5, 0.6) is 5.75 Å². The monoisotopic (exact) mass is 292 g/mol. The second-order valence-electron chi connectivity index (χ2n) is 4.40. The number of nitrogens with zero attached hydrogens (tertiary/aromatic N) is 1. The Balaban J connectivity index is 2.28. The Morgan fingerprint density at radius 3 is 2.75 bits per heavy atom. The standard InChI is InChI=1S/C15H20N2O2S/c1-11-15(20-10-17-11)14(16-2)12-6-4-5-7-13(12)19-9-8-18-3/h4-7,10,14,16H,8-9H2,1-3H3.